The summed E-state index contributed by atoms with van der Waals surface area (Å²) in [7, 11) is -3.98. The fourth-order valence-corrected chi connectivity index (χ4v) is 7.16. The van der Waals surface area contributed by atoms with E-state index in [4.69, 9.17) is 9.47 Å². The molecule has 10 heteroatoms. The number of rotatable bonds is 12. The van der Waals surface area contributed by atoms with Gasteiger partial charge in [-0.15, -0.1) is 0 Å². The Bertz CT molecular complexity index is 1180. The van der Waals surface area contributed by atoms with Crippen molar-refractivity contribution in [3.63, 3.8) is 0 Å². The summed E-state index contributed by atoms with van der Waals surface area (Å²) in [5.74, 6) is 0.398. The topological polar surface area (TPSA) is 125 Å². The third kappa shape index (κ3) is 7.79. The molecule has 1 saturated heterocycles. The van der Waals surface area contributed by atoms with Gasteiger partial charge in [0, 0.05) is 26.1 Å². The predicted molar refractivity (Wildman–Crippen MR) is 146 cm³/mol. The highest BCUT2D eigenvalue weighted by Gasteiger charge is 2.40. The number of carbonyl (C=O) groups is 1. The van der Waals surface area contributed by atoms with Crippen LogP contribution in [-0.4, -0.2) is 73.1 Å². The zero-order valence-corrected chi connectivity index (χ0v) is 23.4. The van der Waals surface area contributed by atoms with Crippen LogP contribution in [0.5, 0.6) is 0 Å². The number of nitrogens with zero attached hydrogens (tertiary/aromatic N) is 1. The Morgan fingerprint density at radius 2 is 1.85 bits per heavy atom. The van der Waals surface area contributed by atoms with Crippen molar-refractivity contribution < 1.29 is 32.9 Å². The van der Waals surface area contributed by atoms with Crippen molar-refractivity contribution in [2.24, 2.45) is 11.8 Å². The number of carbonyl (C=O) groups excluding carboxylic acids is 1. The monoisotopic (exact) mass is 560 g/mol. The number of aliphatic hydroxyl groups excluding tert-OH is 2. The number of nitrogens with one attached hydrogen (secondary N) is 1. The normalized spacial score (nSPS) is 22.6. The van der Waals surface area contributed by atoms with E-state index in [2.05, 4.69) is 5.32 Å². The van der Waals surface area contributed by atoms with Gasteiger partial charge >= 0.3 is 6.09 Å². The van der Waals surface area contributed by atoms with Crippen LogP contribution in [0.25, 0.3) is 0 Å². The minimum Gasteiger partial charge on any atom is -0.446 e. The van der Waals surface area contributed by atoms with E-state index in [1.807, 2.05) is 44.2 Å². The van der Waals surface area contributed by atoms with Gasteiger partial charge in [-0.25, -0.2) is 13.2 Å². The van der Waals surface area contributed by atoms with Crippen molar-refractivity contribution in [2.45, 2.75) is 75.4 Å². The van der Waals surface area contributed by atoms with Crippen LogP contribution in [0.1, 0.15) is 44.2 Å². The number of alkyl carbamates (subject to hydrolysis) is 1. The van der Waals surface area contributed by atoms with Gasteiger partial charge in [-0.2, -0.15) is 4.31 Å². The Hall–Kier alpha value is -2.50. The quantitative estimate of drug-likeness (QED) is 0.364. The van der Waals surface area contributed by atoms with Crippen LogP contribution in [0.2, 0.25) is 0 Å². The van der Waals surface area contributed by atoms with E-state index in [1.165, 1.54) is 16.4 Å². The molecular weight excluding hydrogens is 520 g/mol. The first-order chi connectivity index (χ1) is 18.7. The third-order valence-electron chi connectivity index (χ3n) is 7.43. The summed E-state index contributed by atoms with van der Waals surface area (Å²) in [6, 6.07) is 14.8. The fraction of sp³-hybridized carbons (Fsp3) is 0.552. The average molecular weight is 561 g/mol. The van der Waals surface area contributed by atoms with Gasteiger partial charge in [0.25, 0.3) is 0 Å². The molecule has 2 aromatic rings. The second-order valence-electron chi connectivity index (χ2n) is 11.0. The molecule has 39 heavy (non-hydrogen) atoms. The van der Waals surface area contributed by atoms with Crippen LogP contribution in [-0.2, 0) is 32.5 Å². The number of sulfonamides is 1. The van der Waals surface area contributed by atoms with E-state index < -0.39 is 28.3 Å². The van der Waals surface area contributed by atoms with Gasteiger partial charge in [0.05, 0.1) is 29.8 Å². The summed E-state index contributed by atoms with van der Waals surface area (Å²) in [5, 5.41) is 23.7. The lowest BCUT2D eigenvalue weighted by atomic mass is 10.0. The molecular formula is C29H40N2O7S. The van der Waals surface area contributed by atoms with Crippen molar-refractivity contribution in [3.05, 3.63) is 65.7 Å². The summed E-state index contributed by atoms with van der Waals surface area (Å²) in [6.45, 7) is 4.22. The van der Waals surface area contributed by atoms with Crippen molar-refractivity contribution in [2.75, 3.05) is 19.7 Å². The van der Waals surface area contributed by atoms with Gasteiger partial charge in [-0.3, -0.25) is 0 Å². The maximum atomic E-state index is 13.6. The van der Waals surface area contributed by atoms with E-state index in [0.717, 1.165) is 25.0 Å². The predicted octanol–water partition coefficient (Wildman–Crippen LogP) is 3.09. The molecule has 1 amide bonds. The summed E-state index contributed by atoms with van der Waals surface area (Å²) in [6.07, 6.45) is 0.745. The minimum absolute atomic E-state index is 0.0115. The van der Waals surface area contributed by atoms with Crippen molar-refractivity contribution in [3.8, 4) is 0 Å². The Labute approximate surface area is 231 Å². The van der Waals surface area contributed by atoms with Gasteiger partial charge in [0.2, 0.25) is 10.0 Å². The molecule has 1 saturated carbocycles. The lowest BCUT2D eigenvalue weighted by Crippen LogP contribution is -2.51. The molecule has 1 aliphatic carbocycles. The Balaban J connectivity index is 1.50. The highest BCUT2D eigenvalue weighted by atomic mass is 32.2. The molecule has 1 aliphatic heterocycles. The standard InChI is InChI=1S/C29H40N2O7S/c1-20(2)17-31(39(35,36)25-10-6-9-22(13-25)19-32)18-27(33)26(14-21-7-4-3-5-8-21)30-29(34)38-24-15-23-11-12-37-28(23)16-24/h3-10,13,20,23-24,26-28,32-33H,11-12,14-19H2,1-2H3,(H,30,34)/t23?,24-,26+,27-,28-/m1/s1. The molecule has 0 aromatic heterocycles. The van der Waals surface area contributed by atoms with Crippen LogP contribution in [0.3, 0.4) is 0 Å². The zero-order chi connectivity index (χ0) is 28.0. The van der Waals surface area contributed by atoms with E-state index in [1.54, 1.807) is 12.1 Å². The summed E-state index contributed by atoms with van der Waals surface area (Å²) >= 11 is 0. The molecule has 2 fully saturated rings. The van der Waals surface area contributed by atoms with Crippen molar-refractivity contribution in [1.29, 1.82) is 0 Å². The first kappa shape index (κ1) is 29.5. The molecule has 214 valence electrons. The van der Waals surface area contributed by atoms with E-state index in [-0.39, 0.29) is 42.7 Å². The first-order valence-corrected chi connectivity index (χ1v) is 15.1. The van der Waals surface area contributed by atoms with Gasteiger partial charge in [-0.05, 0) is 54.4 Å². The van der Waals surface area contributed by atoms with Crippen LogP contribution in [0.15, 0.2) is 59.5 Å². The van der Waals surface area contributed by atoms with Crippen LogP contribution in [0.4, 0.5) is 4.79 Å². The molecule has 0 radical (unpaired) electrons. The first-order valence-electron chi connectivity index (χ1n) is 13.7. The lowest BCUT2D eigenvalue weighted by Gasteiger charge is -2.31. The molecule has 3 N–H and O–H groups in total. The molecule has 1 heterocycles. The largest absolute Gasteiger partial charge is 0.446 e. The van der Waals surface area contributed by atoms with Gasteiger partial charge in [-0.1, -0.05) is 56.3 Å². The zero-order valence-electron chi connectivity index (χ0n) is 22.6. The molecule has 0 bridgehead atoms. The molecule has 1 unspecified atom stereocenters. The fourth-order valence-electron chi connectivity index (χ4n) is 5.47. The molecule has 9 nitrogen and oxygen atoms in total. The van der Waals surface area contributed by atoms with E-state index in [9.17, 15) is 23.4 Å². The number of hydrogen-bond acceptors (Lipinski definition) is 7. The molecule has 5 atom stereocenters. The van der Waals surface area contributed by atoms with Crippen molar-refractivity contribution >= 4 is 16.1 Å². The summed E-state index contributed by atoms with van der Waals surface area (Å²) in [4.78, 5) is 13.0. The summed E-state index contributed by atoms with van der Waals surface area (Å²) in [5.41, 5.74) is 1.37. The Kier molecular flexibility index (Phi) is 10.0. The van der Waals surface area contributed by atoms with Gasteiger partial charge in [0.15, 0.2) is 0 Å². The second kappa shape index (κ2) is 13.2. The number of fused-ring (bicyclic) bond motifs is 1. The van der Waals surface area contributed by atoms with Crippen LogP contribution in [0, 0.1) is 11.8 Å². The maximum absolute atomic E-state index is 13.6. The van der Waals surface area contributed by atoms with E-state index >= 15 is 0 Å². The third-order valence-corrected chi connectivity index (χ3v) is 9.25. The number of aliphatic hydroxyl groups is 2. The maximum Gasteiger partial charge on any atom is 0.407 e. The average Bonchev–Trinajstić information content (AvgIpc) is 3.50. The molecule has 2 aliphatic rings. The summed E-state index contributed by atoms with van der Waals surface area (Å²) < 4.78 is 39.9. The smallest absolute Gasteiger partial charge is 0.407 e. The number of hydrogen-bond donors (Lipinski definition) is 3. The Morgan fingerprint density at radius 1 is 1.10 bits per heavy atom. The highest BCUT2D eigenvalue weighted by Crippen LogP contribution is 2.37. The number of ether oxygens (including phenoxy) is 2. The minimum atomic E-state index is -3.98. The molecule has 0 spiro atoms. The second-order valence-corrected chi connectivity index (χ2v) is 12.9. The SMILES string of the molecule is CC(C)CN(C[C@@H](O)[C@H](Cc1ccccc1)NC(=O)O[C@@H]1CC2CCO[C@@H]2C1)S(=O)(=O)c1cccc(CO)c1. The Morgan fingerprint density at radius 3 is 2.54 bits per heavy atom. The number of amides is 1. The lowest BCUT2D eigenvalue weighted by molar-refractivity contribution is 0.0554. The van der Waals surface area contributed by atoms with Gasteiger partial charge < -0.3 is 25.0 Å². The van der Waals surface area contributed by atoms with E-state index in [0.29, 0.717) is 24.3 Å². The molecule has 4 rings (SSSR count). The molecule has 2 aromatic carbocycles. The van der Waals surface area contributed by atoms with Gasteiger partial charge in [0.1, 0.15) is 6.10 Å². The number of benzene rings is 2. The van der Waals surface area contributed by atoms with Crippen LogP contribution >= 0.6 is 0 Å². The van der Waals surface area contributed by atoms with Crippen LogP contribution < -0.4 is 5.32 Å². The highest BCUT2D eigenvalue weighted by molar-refractivity contribution is 7.89. The van der Waals surface area contributed by atoms with Crippen molar-refractivity contribution in [1.82, 2.24) is 9.62 Å².